The Balaban J connectivity index is 1.63. The molecule has 196 valence electrons. The smallest absolute Gasteiger partial charge is 0.338 e. The van der Waals surface area contributed by atoms with Crippen LogP contribution in [0.5, 0.6) is 0 Å². The summed E-state index contributed by atoms with van der Waals surface area (Å²) in [4.78, 5) is 36.9. The third kappa shape index (κ3) is 4.30. The van der Waals surface area contributed by atoms with E-state index >= 15 is 0 Å². The molecule has 4 heterocycles. The lowest BCUT2D eigenvalue weighted by atomic mass is 10.0. The van der Waals surface area contributed by atoms with E-state index in [-0.39, 0.29) is 12.2 Å². The molecule has 1 aliphatic heterocycles. The predicted molar refractivity (Wildman–Crippen MR) is 158 cm³/mol. The third-order valence-corrected chi connectivity index (χ3v) is 8.86. The molecule has 1 aliphatic rings. The fourth-order valence-corrected chi connectivity index (χ4v) is 7.15. The minimum Gasteiger partial charge on any atom is -0.463 e. The van der Waals surface area contributed by atoms with E-state index in [9.17, 15) is 9.59 Å². The molecular formula is C31H27N3O3S2. The number of aromatic nitrogens is 2. The number of thiophene rings is 1. The molecule has 0 spiro atoms. The summed E-state index contributed by atoms with van der Waals surface area (Å²) in [6, 6.07) is 17.8. The molecule has 5 aromatic rings. The Labute approximate surface area is 233 Å². The van der Waals surface area contributed by atoms with Crippen LogP contribution in [0.4, 0.5) is 0 Å². The van der Waals surface area contributed by atoms with Crippen molar-refractivity contribution in [3.05, 3.63) is 113 Å². The number of aromatic amines is 1. The Hall–Kier alpha value is -4.01. The number of rotatable bonds is 5. The zero-order valence-electron chi connectivity index (χ0n) is 22.1. The molecule has 0 saturated carbocycles. The van der Waals surface area contributed by atoms with Gasteiger partial charge in [0.05, 0.1) is 28.1 Å². The first-order valence-corrected chi connectivity index (χ1v) is 14.5. The van der Waals surface area contributed by atoms with Gasteiger partial charge in [-0.25, -0.2) is 9.79 Å². The van der Waals surface area contributed by atoms with Crippen molar-refractivity contribution in [2.75, 3.05) is 6.61 Å². The van der Waals surface area contributed by atoms with Gasteiger partial charge in [-0.1, -0.05) is 59.4 Å². The van der Waals surface area contributed by atoms with E-state index < -0.39 is 12.0 Å². The molecule has 2 aromatic carbocycles. The molecular weight excluding hydrogens is 526 g/mol. The third-order valence-electron chi connectivity index (χ3n) is 6.96. The van der Waals surface area contributed by atoms with Crippen molar-refractivity contribution in [2.45, 2.75) is 33.7 Å². The van der Waals surface area contributed by atoms with Crippen molar-refractivity contribution in [1.29, 1.82) is 0 Å². The lowest BCUT2D eigenvalue weighted by molar-refractivity contribution is -0.139. The van der Waals surface area contributed by atoms with Crippen LogP contribution < -0.4 is 14.9 Å². The number of thiazole rings is 1. The van der Waals surface area contributed by atoms with Crippen LogP contribution >= 0.6 is 22.7 Å². The van der Waals surface area contributed by atoms with Crippen LogP contribution in [0.1, 0.15) is 41.5 Å². The summed E-state index contributed by atoms with van der Waals surface area (Å²) in [5.41, 5.74) is 7.12. The van der Waals surface area contributed by atoms with Crippen LogP contribution in [0, 0.1) is 13.8 Å². The van der Waals surface area contributed by atoms with Crippen LogP contribution in [0.25, 0.3) is 28.2 Å². The van der Waals surface area contributed by atoms with E-state index in [1.165, 1.54) is 22.7 Å². The highest BCUT2D eigenvalue weighted by Gasteiger charge is 2.34. The Kier molecular flexibility index (Phi) is 6.45. The predicted octanol–water partition coefficient (Wildman–Crippen LogP) is 5.62. The number of hydrogen-bond donors (Lipinski definition) is 1. The number of nitrogens with one attached hydrogen (secondary N) is 1. The quantitative estimate of drug-likeness (QED) is 0.287. The highest BCUT2D eigenvalue weighted by molar-refractivity contribution is 7.10. The van der Waals surface area contributed by atoms with E-state index in [0.717, 1.165) is 43.7 Å². The number of carbonyl (C=O) groups excluding carboxylic acids is 1. The lowest BCUT2D eigenvalue weighted by Crippen LogP contribution is -2.39. The van der Waals surface area contributed by atoms with Gasteiger partial charge in [0.1, 0.15) is 6.04 Å². The van der Waals surface area contributed by atoms with E-state index in [1.807, 2.05) is 48.7 Å². The number of benzene rings is 2. The zero-order valence-corrected chi connectivity index (χ0v) is 23.7. The second-order valence-electron chi connectivity index (χ2n) is 9.60. The van der Waals surface area contributed by atoms with Gasteiger partial charge >= 0.3 is 5.97 Å². The summed E-state index contributed by atoms with van der Waals surface area (Å²) in [6.07, 6.45) is 1.97. The van der Waals surface area contributed by atoms with Gasteiger partial charge in [-0.05, 0) is 62.4 Å². The van der Waals surface area contributed by atoms with Gasteiger partial charge in [-0.15, -0.1) is 11.3 Å². The summed E-state index contributed by atoms with van der Waals surface area (Å²) in [5.74, 6) is -0.444. The molecule has 0 radical (unpaired) electrons. The molecule has 0 aliphatic carbocycles. The number of esters is 1. The van der Waals surface area contributed by atoms with Gasteiger partial charge in [0.2, 0.25) is 0 Å². The summed E-state index contributed by atoms with van der Waals surface area (Å²) < 4.78 is 7.59. The van der Waals surface area contributed by atoms with Crippen LogP contribution in [-0.2, 0) is 9.53 Å². The van der Waals surface area contributed by atoms with Crippen LogP contribution in [0.2, 0.25) is 0 Å². The topological polar surface area (TPSA) is 76.4 Å². The molecule has 0 amide bonds. The molecule has 0 bridgehead atoms. The van der Waals surface area contributed by atoms with Gasteiger partial charge in [0.25, 0.3) is 5.56 Å². The summed E-state index contributed by atoms with van der Waals surface area (Å²) >= 11 is 2.85. The fourth-order valence-electron chi connectivity index (χ4n) is 5.29. The molecule has 3 aromatic heterocycles. The number of H-pyrrole nitrogens is 1. The largest absolute Gasteiger partial charge is 0.463 e. The Morgan fingerprint density at radius 1 is 1.13 bits per heavy atom. The van der Waals surface area contributed by atoms with Crippen molar-refractivity contribution >= 4 is 45.6 Å². The molecule has 8 heteroatoms. The maximum Gasteiger partial charge on any atom is 0.338 e. The SMILES string of the molecule is CCOC(=O)C1=C(C)N=c2s/c(=C/c3c(-c4ccccc4)[nH]c4c(C)cc(C)cc34)c(=O)n2[C@@H]1c1cccs1. The zero-order chi connectivity index (χ0) is 27.3. The number of carbonyl (C=O) groups is 1. The summed E-state index contributed by atoms with van der Waals surface area (Å²) in [6.45, 7) is 8.01. The summed E-state index contributed by atoms with van der Waals surface area (Å²) in [5, 5.41) is 3.02. The van der Waals surface area contributed by atoms with E-state index in [2.05, 4.69) is 43.1 Å². The van der Waals surface area contributed by atoms with Gasteiger partial charge < -0.3 is 9.72 Å². The van der Waals surface area contributed by atoms with Crippen LogP contribution in [-0.4, -0.2) is 22.1 Å². The van der Waals surface area contributed by atoms with Crippen LogP contribution in [0.15, 0.2) is 81.0 Å². The van der Waals surface area contributed by atoms with E-state index in [4.69, 9.17) is 9.73 Å². The normalized spacial score (nSPS) is 15.5. The highest BCUT2D eigenvalue weighted by Crippen LogP contribution is 2.35. The average molecular weight is 554 g/mol. The standard InChI is InChI=1S/C31H27N3O3S2/c1-5-37-30(36)25-19(4)32-31-34(28(25)23-12-9-13-38-23)29(35)24(39-31)16-22-21-15-17(2)14-18(3)26(21)33-27(22)20-10-7-6-8-11-20/h6-16,28,33H,5H2,1-4H3/b24-16+/t28-/m1/s1. The molecule has 6 nitrogen and oxygen atoms in total. The van der Waals surface area contributed by atoms with Gasteiger partial charge in [0, 0.05) is 21.3 Å². The first kappa shape index (κ1) is 25.3. The fraction of sp³-hybridized carbons (Fsp3) is 0.194. The van der Waals surface area contributed by atoms with Crippen molar-refractivity contribution in [3.8, 4) is 11.3 Å². The number of ether oxygens (including phenoxy) is 1. The van der Waals surface area contributed by atoms with Crippen molar-refractivity contribution < 1.29 is 9.53 Å². The van der Waals surface area contributed by atoms with Gasteiger partial charge in [0.15, 0.2) is 4.80 Å². The van der Waals surface area contributed by atoms with Crippen molar-refractivity contribution in [3.63, 3.8) is 0 Å². The van der Waals surface area contributed by atoms with E-state index in [0.29, 0.717) is 20.6 Å². The minimum atomic E-state index is -0.580. The number of hydrogen-bond acceptors (Lipinski definition) is 6. The van der Waals surface area contributed by atoms with Crippen molar-refractivity contribution in [2.24, 2.45) is 4.99 Å². The highest BCUT2D eigenvalue weighted by atomic mass is 32.1. The Bertz CT molecular complexity index is 1940. The molecule has 0 saturated heterocycles. The molecule has 6 rings (SSSR count). The number of allylic oxidation sites excluding steroid dienone is 1. The van der Waals surface area contributed by atoms with Crippen molar-refractivity contribution in [1.82, 2.24) is 9.55 Å². The maximum absolute atomic E-state index is 14.1. The van der Waals surface area contributed by atoms with Gasteiger partial charge in [-0.3, -0.25) is 9.36 Å². The van der Waals surface area contributed by atoms with Crippen LogP contribution in [0.3, 0.4) is 0 Å². The van der Waals surface area contributed by atoms with Gasteiger partial charge in [-0.2, -0.15) is 0 Å². The number of fused-ring (bicyclic) bond motifs is 2. The number of nitrogens with zero attached hydrogens (tertiary/aromatic N) is 2. The molecule has 0 unspecified atom stereocenters. The first-order valence-electron chi connectivity index (χ1n) is 12.8. The Morgan fingerprint density at radius 2 is 1.92 bits per heavy atom. The molecule has 1 N–H and O–H groups in total. The molecule has 39 heavy (non-hydrogen) atoms. The molecule has 1 atom stereocenters. The second kappa shape index (κ2) is 9.94. The second-order valence-corrected chi connectivity index (χ2v) is 11.6. The maximum atomic E-state index is 14.1. The number of aryl methyl sites for hydroxylation is 2. The minimum absolute atomic E-state index is 0.177. The lowest BCUT2D eigenvalue weighted by Gasteiger charge is -2.23. The Morgan fingerprint density at radius 3 is 2.64 bits per heavy atom. The summed E-state index contributed by atoms with van der Waals surface area (Å²) in [7, 11) is 0. The monoisotopic (exact) mass is 553 g/mol. The molecule has 0 fully saturated rings. The first-order chi connectivity index (χ1) is 18.9. The average Bonchev–Trinajstić information content (AvgIpc) is 3.63. The van der Waals surface area contributed by atoms with E-state index in [1.54, 1.807) is 11.5 Å².